The van der Waals surface area contributed by atoms with E-state index in [0.29, 0.717) is 30.0 Å². The molecule has 3 aliphatic carbocycles. The number of allylic oxidation sites excluding steroid dienone is 2. The fraction of sp³-hybridized carbons (Fsp3) is 0.789. The molecular formula is C19H28O3. The van der Waals surface area contributed by atoms with Gasteiger partial charge in [-0.2, -0.15) is 0 Å². The van der Waals surface area contributed by atoms with Crippen LogP contribution >= 0.6 is 0 Å². The standard InChI is InChI=1S/C19H28O3/c1-18(11-9-17(21)22-3)10-4-5-13-14(18)8-12-19(2)15(13)6-7-16(19)20/h4,10,13-15H,5-9,11-12H2,1-3H3/t13-,14+,15+,18-,19+/m1/s1. The van der Waals surface area contributed by atoms with Crippen molar-refractivity contribution in [2.75, 3.05) is 7.11 Å². The second kappa shape index (κ2) is 5.50. The van der Waals surface area contributed by atoms with Crippen molar-refractivity contribution in [2.45, 2.75) is 58.8 Å². The van der Waals surface area contributed by atoms with Gasteiger partial charge in [-0.25, -0.2) is 0 Å². The van der Waals surface area contributed by atoms with E-state index in [2.05, 4.69) is 26.0 Å². The summed E-state index contributed by atoms with van der Waals surface area (Å²) in [5.41, 5.74) is -0.000317. The average molecular weight is 304 g/mol. The van der Waals surface area contributed by atoms with Gasteiger partial charge < -0.3 is 4.74 Å². The highest BCUT2D eigenvalue weighted by Crippen LogP contribution is 2.60. The van der Waals surface area contributed by atoms with Gasteiger partial charge in [0.2, 0.25) is 0 Å². The molecule has 122 valence electrons. The van der Waals surface area contributed by atoms with E-state index in [0.717, 1.165) is 38.5 Å². The van der Waals surface area contributed by atoms with Crippen molar-refractivity contribution >= 4 is 11.8 Å². The molecule has 0 unspecified atom stereocenters. The predicted octanol–water partition coefficient (Wildman–Crippen LogP) is 3.92. The normalized spacial score (nSPS) is 43.6. The van der Waals surface area contributed by atoms with E-state index in [1.807, 2.05) is 0 Å². The van der Waals surface area contributed by atoms with Crippen molar-refractivity contribution in [3.8, 4) is 0 Å². The minimum atomic E-state index is -0.117. The van der Waals surface area contributed by atoms with E-state index in [1.54, 1.807) is 0 Å². The van der Waals surface area contributed by atoms with Crippen LogP contribution in [0.5, 0.6) is 0 Å². The van der Waals surface area contributed by atoms with Gasteiger partial charge in [-0.05, 0) is 55.3 Å². The Bertz CT molecular complexity index is 509. The summed E-state index contributed by atoms with van der Waals surface area (Å²) in [5.74, 6) is 2.13. The molecule has 0 radical (unpaired) electrons. The number of methoxy groups -OCH3 is 1. The summed E-state index contributed by atoms with van der Waals surface area (Å²) in [6.45, 7) is 4.50. The molecule has 0 aromatic carbocycles. The van der Waals surface area contributed by atoms with Gasteiger partial charge in [0, 0.05) is 18.3 Å². The number of esters is 1. The molecular weight excluding hydrogens is 276 g/mol. The molecule has 2 saturated carbocycles. The Morgan fingerprint density at radius 2 is 2.09 bits per heavy atom. The molecule has 3 nitrogen and oxygen atoms in total. The molecule has 0 saturated heterocycles. The molecule has 0 spiro atoms. The van der Waals surface area contributed by atoms with E-state index in [9.17, 15) is 9.59 Å². The molecule has 0 heterocycles. The number of fused-ring (bicyclic) bond motifs is 3. The summed E-state index contributed by atoms with van der Waals surface area (Å²) in [4.78, 5) is 23.9. The average Bonchev–Trinajstić information content (AvgIpc) is 2.81. The Hall–Kier alpha value is -1.12. The van der Waals surface area contributed by atoms with Crippen LogP contribution in [0, 0.1) is 28.6 Å². The van der Waals surface area contributed by atoms with E-state index in [4.69, 9.17) is 4.74 Å². The minimum absolute atomic E-state index is 0.0735. The molecule has 3 heteroatoms. The molecule has 3 rings (SSSR count). The summed E-state index contributed by atoms with van der Waals surface area (Å²) in [6, 6.07) is 0. The number of hydrogen-bond acceptors (Lipinski definition) is 3. The first-order chi connectivity index (χ1) is 10.4. The van der Waals surface area contributed by atoms with Gasteiger partial charge in [-0.15, -0.1) is 0 Å². The van der Waals surface area contributed by atoms with Crippen LogP contribution in [0.2, 0.25) is 0 Å². The summed E-state index contributed by atoms with van der Waals surface area (Å²) >= 11 is 0. The quantitative estimate of drug-likeness (QED) is 0.586. The zero-order valence-electron chi connectivity index (χ0n) is 14.1. The third kappa shape index (κ3) is 2.33. The summed E-state index contributed by atoms with van der Waals surface area (Å²) in [6.07, 6.45) is 11.1. The molecule has 0 aromatic rings. The first-order valence-electron chi connectivity index (χ1n) is 8.68. The Morgan fingerprint density at radius 1 is 1.32 bits per heavy atom. The van der Waals surface area contributed by atoms with E-state index in [-0.39, 0.29) is 16.8 Å². The van der Waals surface area contributed by atoms with E-state index >= 15 is 0 Å². The summed E-state index contributed by atoms with van der Waals surface area (Å²) < 4.78 is 4.81. The number of ether oxygens (including phenoxy) is 1. The van der Waals surface area contributed by atoms with Gasteiger partial charge in [-0.3, -0.25) is 9.59 Å². The smallest absolute Gasteiger partial charge is 0.305 e. The molecule has 22 heavy (non-hydrogen) atoms. The SMILES string of the molecule is COC(=O)CC[C@@]1(C)C=CC[C@@H]2[C@@H]1CC[C@]1(C)C(=O)CC[C@@H]21. The number of ketones is 1. The molecule has 2 fully saturated rings. The maximum Gasteiger partial charge on any atom is 0.305 e. The number of carbonyl (C=O) groups is 2. The second-order valence-corrected chi connectivity index (χ2v) is 8.01. The topological polar surface area (TPSA) is 43.4 Å². The fourth-order valence-electron chi connectivity index (χ4n) is 5.57. The van der Waals surface area contributed by atoms with Crippen molar-refractivity contribution in [1.82, 2.24) is 0 Å². The van der Waals surface area contributed by atoms with E-state index < -0.39 is 0 Å². The van der Waals surface area contributed by atoms with Crippen LogP contribution < -0.4 is 0 Å². The number of Topliss-reactive ketones (excluding diaryl/α,β-unsaturated/α-hetero) is 1. The summed E-state index contributed by atoms with van der Waals surface area (Å²) in [7, 11) is 1.46. The van der Waals surface area contributed by atoms with Crippen molar-refractivity contribution < 1.29 is 14.3 Å². The highest BCUT2D eigenvalue weighted by Gasteiger charge is 2.56. The zero-order valence-corrected chi connectivity index (χ0v) is 14.1. The lowest BCUT2D eigenvalue weighted by Crippen LogP contribution is -2.47. The van der Waals surface area contributed by atoms with Gasteiger partial charge in [0.1, 0.15) is 5.78 Å². The molecule has 3 aliphatic rings. The molecule has 0 N–H and O–H groups in total. The van der Waals surface area contributed by atoms with Gasteiger partial charge in [0.25, 0.3) is 0 Å². The number of carbonyl (C=O) groups excluding carboxylic acids is 2. The van der Waals surface area contributed by atoms with Crippen molar-refractivity contribution in [3.63, 3.8) is 0 Å². The van der Waals surface area contributed by atoms with Crippen LogP contribution in [0.1, 0.15) is 58.8 Å². The van der Waals surface area contributed by atoms with Gasteiger partial charge >= 0.3 is 5.97 Å². The van der Waals surface area contributed by atoms with Crippen LogP contribution in [0.25, 0.3) is 0 Å². The molecule has 0 aliphatic heterocycles. The van der Waals surface area contributed by atoms with Gasteiger partial charge in [0.15, 0.2) is 0 Å². The third-order valence-corrected chi connectivity index (χ3v) is 7.00. The Morgan fingerprint density at radius 3 is 2.82 bits per heavy atom. The lowest BCUT2D eigenvalue weighted by Gasteiger charge is -2.53. The fourth-order valence-corrected chi connectivity index (χ4v) is 5.57. The van der Waals surface area contributed by atoms with E-state index in [1.165, 1.54) is 7.11 Å². The third-order valence-electron chi connectivity index (χ3n) is 7.00. The maximum atomic E-state index is 12.3. The van der Waals surface area contributed by atoms with Crippen LogP contribution in [-0.4, -0.2) is 18.9 Å². The van der Waals surface area contributed by atoms with Crippen molar-refractivity contribution in [3.05, 3.63) is 12.2 Å². The van der Waals surface area contributed by atoms with Gasteiger partial charge in [0.05, 0.1) is 7.11 Å². The van der Waals surface area contributed by atoms with Crippen LogP contribution in [-0.2, 0) is 14.3 Å². The number of hydrogen-bond donors (Lipinski definition) is 0. The monoisotopic (exact) mass is 304 g/mol. The lowest BCUT2D eigenvalue weighted by atomic mass is 9.51. The highest BCUT2D eigenvalue weighted by molar-refractivity contribution is 5.87. The minimum Gasteiger partial charge on any atom is -0.469 e. The molecule has 0 bridgehead atoms. The number of rotatable bonds is 3. The Balaban J connectivity index is 1.80. The molecule has 0 aromatic heterocycles. The van der Waals surface area contributed by atoms with Crippen molar-refractivity contribution in [1.29, 1.82) is 0 Å². The second-order valence-electron chi connectivity index (χ2n) is 8.01. The first-order valence-corrected chi connectivity index (χ1v) is 8.68. The Labute approximate surface area is 133 Å². The molecule has 5 atom stereocenters. The summed E-state index contributed by atoms with van der Waals surface area (Å²) in [5, 5.41) is 0. The van der Waals surface area contributed by atoms with Crippen molar-refractivity contribution in [2.24, 2.45) is 28.6 Å². The largest absolute Gasteiger partial charge is 0.469 e. The first kappa shape index (κ1) is 15.8. The Kier molecular flexibility index (Phi) is 3.94. The predicted molar refractivity (Wildman–Crippen MR) is 85.2 cm³/mol. The zero-order chi connectivity index (χ0) is 16.0. The highest BCUT2D eigenvalue weighted by atomic mass is 16.5. The van der Waals surface area contributed by atoms with Crippen LogP contribution in [0.3, 0.4) is 0 Å². The van der Waals surface area contributed by atoms with Crippen LogP contribution in [0.4, 0.5) is 0 Å². The van der Waals surface area contributed by atoms with Crippen LogP contribution in [0.15, 0.2) is 12.2 Å². The molecule has 0 amide bonds. The lowest BCUT2D eigenvalue weighted by molar-refractivity contribution is -0.141. The maximum absolute atomic E-state index is 12.3. The van der Waals surface area contributed by atoms with Gasteiger partial charge in [-0.1, -0.05) is 26.0 Å².